The molecule has 0 radical (unpaired) electrons. The first-order chi connectivity index (χ1) is 23.3. The van der Waals surface area contributed by atoms with E-state index in [2.05, 4.69) is 32.0 Å². The molecule has 1 aliphatic rings. The van der Waals surface area contributed by atoms with Crippen molar-refractivity contribution in [3.05, 3.63) is 76.1 Å². The van der Waals surface area contributed by atoms with Gasteiger partial charge in [-0.05, 0) is 74.9 Å². The van der Waals surface area contributed by atoms with Gasteiger partial charge >= 0.3 is 6.09 Å². The first-order valence-corrected chi connectivity index (χ1v) is 18.7. The van der Waals surface area contributed by atoms with Crippen LogP contribution >= 0.6 is 11.6 Å². The predicted molar refractivity (Wildman–Crippen MR) is 179 cm³/mol. The number of sulfonamides is 1. The molecule has 5 rings (SSSR count). The number of aromatic nitrogens is 3. The largest absolute Gasteiger partial charge is 0.465 e. The molecule has 1 aliphatic carbocycles. The number of anilines is 1. The summed E-state index contributed by atoms with van der Waals surface area (Å²) in [4.78, 5) is 16.6. The normalized spacial score (nSPS) is 14.3. The number of carboxylic acid groups (broad SMARTS) is 1. The number of sulfone groups is 1. The third kappa shape index (κ3) is 8.14. The summed E-state index contributed by atoms with van der Waals surface area (Å²) in [6.07, 6.45) is -3.04. The molecule has 11 nitrogen and oxygen atoms in total. The number of nitrogens with one attached hydrogen (secondary N) is 2. The molecular weight excluding hydrogens is 726 g/mol. The highest BCUT2D eigenvalue weighted by Gasteiger charge is 2.37. The molecular formula is C32H30ClF4N5O6S2. The lowest BCUT2D eigenvalue weighted by molar-refractivity contribution is 0.123. The fourth-order valence-corrected chi connectivity index (χ4v) is 6.92. The molecule has 266 valence electrons. The van der Waals surface area contributed by atoms with Crippen LogP contribution in [-0.4, -0.2) is 65.5 Å². The standard InChI is InChI=1S/C32H30ClF4N5O6S2/c1-32(2,49(3,45)46)11-10-20-4-7-22(28(38-20)25(39-31(43)44)14-17-12-18(34)15-19(35)13-17)23-8-9-24(33)27-29(23)42(16-26(36)37)40-30(27)41-50(47,48)21-5-6-21/h4,7-9,12-13,15,21,25-26,39H,5-6,14,16H2,1-3H3,(H,40,41)(H,43,44). The molecule has 2 aromatic carbocycles. The Morgan fingerprint density at radius 1 is 1.08 bits per heavy atom. The van der Waals surface area contributed by atoms with Gasteiger partial charge in [0.1, 0.15) is 28.6 Å². The Morgan fingerprint density at radius 3 is 2.30 bits per heavy atom. The van der Waals surface area contributed by atoms with Crippen molar-refractivity contribution in [1.82, 2.24) is 20.1 Å². The van der Waals surface area contributed by atoms with Crippen molar-refractivity contribution in [3.8, 4) is 23.0 Å². The lowest BCUT2D eigenvalue weighted by Crippen LogP contribution is -2.30. The molecule has 1 amide bonds. The molecule has 3 N–H and O–H groups in total. The Kier molecular flexibility index (Phi) is 10.1. The molecule has 0 saturated heterocycles. The number of rotatable bonds is 11. The van der Waals surface area contributed by atoms with Crippen LogP contribution in [0.5, 0.6) is 0 Å². The molecule has 0 bridgehead atoms. The second-order valence-electron chi connectivity index (χ2n) is 12.2. The highest BCUT2D eigenvalue weighted by atomic mass is 35.5. The Balaban J connectivity index is 1.79. The monoisotopic (exact) mass is 755 g/mol. The number of fused-ring (bicyclic) bond motifs is 1. The summed E-state index contributed by atoms with van der Waals surface area (Å²) in [5, 5.41) is 15.5. The van der Waals surface area contributed by atoms with Crippen LogP contribution in [0.2, 0.25) is 5.02 Å². The van der Waals surface area contributed by atoms with Gasteiger partial charge in [-0.3, -0.25) is 9.40 Å². The van der Waals surface area contributed by atoms with Gasteiger partial charge in [-0.2, -0.15) is 5.10 Å². The molecule has 50 heavy (non-hydrogen) atoms. The number of hydrogen-bond acceptors (Lipinski definition) is 7. The van der Waals surface area contributed by atoms with Crippen molar-refractivity contribution in [2.45, 2.75) is 62.1 Å². The van der Waals surface area contributed by atoms with Crippen LogP contribution in [0.3, 0.4) is 0 Å². The van der Waals surface area contributed by atoms with Crippen molar-refractivity contribution in [2.75, 3.05) is 11.0 Å². The zero-order chi connectivity index (χ0) is 36.8. The van der Waals surface area contributed by atoms with Crippen molar-refractivity contribution >= 4 is 54.3 Å². The van der Waals surface area contributed by atoms with Crippen LogP contribution in [0.4, 0.5) is 28.2 Å². The van der Waals surface area contributed by atoms with Crippen LogP contribution < -0.4 is 10.0 Å². The fourth-order valence-electron chi connectivity index (χ4n) is 5.10. The lowest BCUT2D eigenvalue weighted by atomic mass is 9.94. The maximum absolute atomic E-state index is 14.2. The molecule has 0 spiro atoms. The van der Waals surface area contributed by atoms with E-state index in [0.717, 1.165) is 23.1 Å². The number of pyridine rings is 1. The van der Waals surface area contributed by atoms with Gasteiger partial charge in [0.2, 0.25) is 10.0 Å². The molecule has 2 heterocycles. The van der Waals surface area contributed by atoms with Crippen molar-refractivity contribution in [2.24, 2.45) is 0 Å². The van der Waals surface area contributed by atoms with Gasteiger partial charge in [0.15, 0.2) is 15.7 Å². The first kappa shape index (κ1) is 36.9. The van der Waals surface area contributed by atoms with E-state index in [9.17, 15) is 44.3 Å². The first-order valence-electron chi connectivity index (χ1n) is 14.9. The summed E-state index contributed by atoms with van der Waals surface area (Å²) in [5.41, 5.74) is 0.112. The van der Waals surface area contributed by atoms with Gasteiger partial charge in [0.25, 0.3) is 6.43 Å². The number of alkyl halides is 2. The molecule has 0 aliphatic heterocycles. The minimum absolute atomic E-state index is 0.0197. The van der Waals surface area contributed by atoms with Crippen molar-refractivity contribution in [3.63, 3.8) is 0 Å². The Labute approximate surface area is 290 Å². The summed E-state index contributed by atoms with van der Waals surface area (Å²) in [6, 6.07) is 6.88. The SMILES string of the molecule is CC(C)(C#Cc1ccc(-c2ccc(Cl)c3c(NS(=O)(=O)C4CC4)nn(CC(F)F)c23)c(C(Cc2cc(F)cc(F)c2)NC(=O)O)n1)S(C)(=O)=O. The zero-order valence-electron chi connectivity index (χ0n) is 26.6. The molecule has 1 unspecified atom stereocenters. The number of nitrogens with zero attached hydrogens (tertiary/aromatic N) is 3. The van der Waals surface area contributed by atoms with Gasteiger partial charge in [0, 0.05) is 23.4 Å². The third-order valence-corrected chi connectivity index (χ3v) is 12.1. The average molecular weight is 756 g/mol. The Bertz CT molecular complexity index is 2260. The predicted octanol–water partition coefficient (Wildman–Crippen LogP) is 5.93. The summed E-state index contributed by atoms with van der Waals surface area (Å²) in [7, 11) is -7.60. The summed E-state index contributed by atoms with van der Waals surface area (Å²) >= 11 is 6.53. The topological polar surface area (TPSA) is 160 Å². The third-order valence-electron chi connectivity index (χ3n) is 7.98. The van der Waals surface area contributed by atoms with Gasteiger partial charge in [-0.25, -0.2) is 44.2 Å². The van der Waals surface area contributed by atoms with E-state index < -0.39 is 66.6 Å². The van der Waals surface area contributed by atoms with Crippen molar-refractivity contribution in [1.29, 1.82) is 0 Å². The summed E-state index contributed by atoms with van der Waals surface area (Å²) in [5.74, 6) is 3.16. The van der Waals surface area contributed by atoms with E-state index in [0.29, 0.717) is 18.9 Å². The highest BCUT2D eigenvalue weighted by molar-refractivity contribution is 7.93. The number of carbonyl (C=O) groups is 1. The number of benzene rings is 2. The van der Waals surface area contributed by atoms with Gasteiger partial charge < -0.3 is 10.4 Å². The van der Waals surface area contributed by atoms with E-state index in [1.807, 2.05) is 0 Å². The van der Waals surface area contributed by atoms with Gasteiger partial charge in [-0.15, -0.1) is 0 Å². The van der Waals surface area contributed by atoms with E-state index in [-0.39, 0.29) is 56.2 Å². The average Bonchev–Trinajstić information content (AvgIpc) is 3.79. The van der Waals surface area contributed by atoms with Crippen LogP contribution in [0, 0.1) is 23.5 Å². The molecule has 1 fully saturated rings. The van der Waals surface area contributed by atoms with E-state index in [1.165, 1.54) is 38.1 Å². The number of halogens is 5. The second kappa shape index (κ2) is 13.7. The maximum Gasteiger partial charge on any atom is 0.405 e. The minimum atomic E-state index is -3.93. The van der Waals surface area contributed by atoms with Gasteiger partial charge in [0.05, 0.1) is 32.9 Å². The van der Waals surface area contributed by atoms with Gasteiger partial charge in [-0.1, -0.05) is 23.6 Å². The molecule has 1 saturated carbocycles. The number of amides is 1. The zero-order valence-corrected chi connectivity index (χ0v) is 29.0. The molecule has 2 aromatic heterocycles. The second-order valence-corrected chi connectivity index (χ2v) is 17.2. The van der Waals surface area contributed by atoms with E-state index in [1.54, 1.807) is 0 Å². The van der Waals surface area contributed by atoms with Crippen LogP contribution in [-0.2, 0) is 32.8 Å². The van der Waals surface area contributed by atoms with E-state index >= 15 is 0 Å². The Morgan fingerprint density at radius 2 is 1.72 bits per heavy atom. The quantitative estimate of drug-likeness (QED) is 0.126. The minimum Gasteiger partial charge on any atom is -0.465 e. The van der Waals surface area contributed by atoms with Crippen LogP contribution in [0.1, 0.15) is 49.7 Å². The summed E-state index contributed by atoms with van der Waals surface area (Å²) < 4.78 is 108. The van der Waals surface area contributed by atoms with Crippen molar-refractivity contribution < 1.29 is 44.3 Å². The molecule has 18 heteroatoms. The summed E-state index contributed by atoms with van der Waals surface area (Å²) in [6.45, 7) is 1.77. The highest BCUT2D eigenvalue weighted by Crippen LogP contribution is 2.41. The number of hydrogen-bond donors (Lipinski definition) is 3. The maximum atomic E-state index is 14.2. The van der Waals surface area contributed by atoms with Crippen LogP contribution in [0.25, 0.3) is 22.0 Å². The smallest absolute Gasteiger partial charge is 0.405 e. The fraction of sp³-hybridized carbons (Fsp3) is 0.344. The lowest BCUT2D eigenvalue weighted by Gasteiger charge is -2.21. The van der Waals surface area contributed by atoms with Crippen LogP contribution in [0.15, 0.2) is 42.5 Å². The Hall–Kier alpha value is -4.40. The van der Waals surface area contributed by atoms with E-state index in [4.69, 9.17) is 11.6 Å². The molecule has 1 atom stereocenters. The molecule has 4 aromatic rings.